The lowest BCUT2D eigenvalue weighted by Gasteiger charge is -2.37. The quantitative estimate of drug-likeness (QED) is 0.480. The lowest BCUT2D eigenvalue weighted by atomic mass is 10.1. The molecule has 0 unspecified atom stereocenters. The van der Waals surface area contributed by atoms with Crippen LogP contribution < -0.4 is 20.3 Å². The summed E-state index contributed by atoms with van der Waals surface area (Å²) in [5.74, 6) is 0.661. The Morgan fingerprint density at radius 2 is 1.94 bits per heavy atom. The van der Waals surface area contributed by atoms with Gasteiger partial charge in [0.25, 0.3) is 11.8 Å². The zero-order valence-corrected chi connectivity index (χ0v) is 19.8. The van der Waals surface area contributed by atoms with Crippen molar-refractivity contribution in [2.24, 2.45) is 0 Å². The molecule has 8 nitrogen and oxygen atoms in total. The van der Waals surface area contributed by atoms with E-state index in [4.69, 9.17) is 4.74 Å². The van der Waals surface area contributed by atoms with E-state index in [0.717, 1.165) is 22.9 Å². The fourth-order valence-corrected chi connectivity index (χ4v) is 5.17. The van der Waals surface area contributed by atoms with Gasteiger partial charge in [-0.3, -0.25) is 14.9 Å². The summed E-state index contributed by atoms with van der Waals surface area (Å²) in [6, 6.07) is 14.8. The maximum absolute atomic E-state index is 13.3. The fourth-order valence-electron chi connectivity index (χ4n) is 4.04. The van der Waals surface area contributed by atoms with Crippen LogP contribution in [-0.4, -0.2) is 66.8 Å². The SMILES string of the molecule is CCN1C[C@H](CN(C)C(=O)c2ccccc2SC[C@]2(C)NC(=O)NC2=O)Oc2ccccc21. The molecule has 0 radical (unpaired) electrons. The van der Waals surface area contributed by atoms with Gasteiger partial charge in [0.2, 0.25) is 0 Å². The number of likely N-dealkylation sites (N-methyl/N-ethyl adjacent to an activating group) is 2. The summed E-state index contributed by atoms with van der Waals surface area (Å²) in [7, 11) is 1.77. The van der Waals surface area contributed by atoms with Crippen molar-refractivity contribution in [3.05, 3.63) is 54.1 Å². The number of benzene rings is 2. The van der Waals surface area contributed by atoms with E-state index in [-0.39, 0.29) is 17.9 Å². The van der Waals surface area contributed by atoms with Gasteiger partial charge in [-0.25, -0.2) is 4.79 Å². The van der Waals surface area contributed by atoms with Gasteiger partial charge in [0.15, 0.2) is 0 Å². The van der Waals surface area contributed by atoms with Crippen molar-refractivity contribution in [2.45, 2.75) is 30.4 Å². The molecule has 1 fully saturated rings. The van der Waals surface area contributed by atoms with Gasteiger partial charge in [-0.1, -0.05) is 24.3 Å². The zero-order valence-electron chi connectivity index (χ0n) is 19.0. The van der Waals surface area contributed by atoms with E-state index >= 15 is 0 Å². The molecule has 2 N–H and O–H groups in total. The molecule has 9 heteroatoms. The number of para-hydroxylation sites is 2. The maximum Gasteiger partial charge on any atom is 0.322 e. The van der Waals surface area contributed by atoms with E-state index in [9.17, 15) is 14.4 Å². The molecule has 2 aliphatic heterocycles. The molecule has 174 valence electrons. The topological polar surface area (TPSA) is 91.0 Å². The summed E-state index contributed by atoms with van der Waals surface area (Å²) in [6.45, 7) is 5.79. The van der Waals surface area contributed by atoms with Crippen LogP contribution >= 0.6 is 11.8 Å². The minimum Gasteiger partial charge on any atom is -0.485 e. The zero-order chi connectivity index (χ0) is 23.6. The average Bonchev–Trinajstić information content (AvgIpc) is 3.07. The first-order valence-electron chi connectivity index (χ1n) is 10.9. The molecule has 4 amide bonds. The van der Waals surface area contributed by atoms with E-state index in [1.807, 2.05) is 42.5 Å². The highest BCUT2D eigenvalue weighted by Crippen LogP contribution is 2.33. The van der Waals surface area contributed by atoms with Crippen LogP contribution in [-0.2, 0) is 4.79 Å². The van der Waals surface area contributed by atoms with Crippen LogP contribution in [0.2, 0.25) is 0 Å². The Bertz CT molecular complexity index is 1080. The molecule has 4 rings (SSSR count). The first-order chi connectivity index (χ1) is 15.8. The molecular formula is C24H28N4O4S. The van der Waals surface area contributed by atoms with Crippen molar-refractivity contribution in [3.8, 4) is 5.75 Å². The van der Waals surface area contributed by atoms with Gasteiger partial charge in [0.05, 0.1) is 24.3 Å². The Kier molecular flexibility index (Phi) is 6.51. The number of hydrogen-bond acceptors (Lipinski definition) is 6. The molecule has 0 bridgehead atoms. The molecule has 2 aromatic rings. The van der Waals surface area contributed by atoms with Gasteiger partial charge in [0.1, 0.15) is 17.4 Å². The van der Waals surface area contributed by atoms with Gasteiger partial charge < -0.3 is 19.9 Å². The fraction of sp³-hybridized carbons (Fsp3) is 0.375. The first kappa shape index (κ1) is 23.0. The highest BCUT2D eigenvalue weighted by atomic mass is 32.2. The standard InChI is InChI=1S/C24H28N4O4S/c1-4-28-14-16(32-19-11-7-6-10-18(19)28)13-27(3)21(29)17-9-5-8-12-20(17)33-15-24(2)22(30)25-23(31)26-24/h5-12,16H,4,13-15H2,1-3H3,(H2,25,26,30,31)/t16-,24-/m0/s1. The van der Waals surface area contributed by atoms with Gasteiger partial charge in [-0.15, -0.1) is 11.8 Å². The second-order valence-electron chi connectivity index (χ2n) is 8.46. The Morgan fingerprint density at radius 3 is 2.67 bits per heavy atom. The minimum absolute atomic E-state index is 0.117. The molecule has 0 spiro atoms. The van der Waals surface area contributed by atoms with Crippen LogP contribution in [0.3, 0.4) is 0 Å². The van der Waals surface area contributed by atoms with Crippen LogP contribution in [0.25, 0.3) is 0 Å². The van der Waals surface area contributed by atoms with Gasteiger partial charge in [-0.2, -0.15) is 0 Å². The van der Waals surface area contributed by atoms with Crippen LogP contribution in [0.5, 0.6) is 5.75 Å². The molecule has 2 atom stereocenters. The van der Waals surface area contributed by atoms with E-state index < -0.39 is 11.6 Å². The van der Waals surface area contributed by atoms with Crippen LogP contribution in [0.15, 0.2) is 53.4 Å². The van der Waals surface area contributed by atoms with Crippen molar-refractivity contribution in [1.29, 1.82) is 0 Å². The number of nitrogens with one attached hydrogen (secondary N) is 2. The molecule has 2 heterocycles. The largest absolute Gasteiger partial charge is 0.485 e. The van der Waals surface area contributed by atoms with Crippen molar-refractivity contribution in [1.82, 2.24) is 15.5 Å². The lowest BCUT2D eigenvalue weighted by Crippen LogP contribution is -2.47. The van der Waals surface area contributed by atoms with E-state index in [1.165, 1.54) is 11.8 Å². The van der Waals surface area contributed by atoms with Gasteiger partial charge in [0, 0.05) is 24.2 Å². The maximum atomic E-state index is 13.3. The molecule has 0 aliphatic carbocycles. The van der Waals surface area contributed by atoms with Gasteiger partial charge >= 0.3 is 6.03 Å². The summed E-state index contributed by atoms with van der Waals surface area (Å²) in [6.07, 6.45) is -0.148. The summed E-state index contributed by atoms with van der Waals surface area (Å²) in [5.41, 5.74) is 0.613. The Morgan fingerprint density at radius 1 is 1.21 bits per heavy atom. The Labute approximate surface area is 197 Å². The monoisotopic (exact) mass is 468 g/mol. The molecule has 0 saturated carbocycles. The summed E-state index contributed by atoms with van der Waals surface area (Å²) in [5, 5.41) is 4.92. The third kappa shape index (κ3) is 4.78. The van der Waals surface area contributed by atoms with E-state index in [0.29, 0.717) is 24.4 Å². The molecule has 2 aromatic carbocycles. The number of rotatable bonds is 7. The molecule has 33 heavy (non-hydrogen) atoms. The second-order valence-corrected chi connectivity index (χ2v) is 9.47. The summed E-state index contributed by atoms with van der Waals surface area (Å²) < 4.78 is 6.18. The van der Waals surface area contributed by atoms with E-state index in [1.54, 1.807) is 24.9 Å². The molecule has 0 aromatic heterocycles. The number of ether oxygens (including phenoxy) is 1. The number of nitrogens with zero attached hydrogens (tertiary/aromatic N) is 2. The Hall–Kier alpha value is -3.20. The van der Waals surface area contributed by atoms with Crippen molar-refractivity contribution >= 4 is 35.3 Å². The summed E-state index contributed by atoms with van der Waals surface area (Å²) in [4.78, 5) is 41.7. The van der Waals surface area contributed by atoms with Crippen molar-refractivity contribution < 1.29 is 19.1 Å². The molecular weight excluding hydrogens is 440 g/mol. The number of hydrogen-bond donors (Lipinski definition) is 2. The third-order valence-electron chi connectivity index (χ3n) is 5.88. The number of urea groups is 1. The third-order valence-corrected chi connectivity index (χ3v) is 7.27. The van der Waals surface area contributed by atoms with E-state index in [2.05, 4.69) is 22.5 Å². The highest BCUT2D eigenvalue weighted by molar-refractivity contribution is 7.99. The minimum atomic E-state index is -1.02. The lowest BCUT2D eigenvalue weighted by molar-refractivity contribution is -0.122. The average molecular weight is 469 g/mol. The van der Waals surface area contributed by atoms with Crippen LogP contribution in [0, 0.1) is 0 Å². The predicted molar refractivity (Wildman–Crippen MR) is 128 cm³/mol. The number of fused-ring (bicyclic) bond motifs is 1. The van der Waals surface area contributed by atoms with Crippen LogP contribution in [0.4, 0.5) is 10.5 Å². The molecule has 2 aliphatic rings. The predicted octanol–water partition coefficient (Wildman–Crippen LogP) is 2.74. The number of amides is 4. The smallest absolute Gasteiger partial charge is 0.322 e. The Balaban J connectivity index is 1.44. The normalized spacial score (nSPS) is 21.7. The highest BCUT2D eigenvalue weighted by Gasteiger charge is 2.42. The summed E-state index contributed by atoms with van der Waals surface area (Å²) >= 11 is 1.37. The second kappa shape index (κ2) is 9.35. The number of imide groups is 1. The van der Waals surface area contributed by atoms with Crippen molar-refractivity contribution in [2.75, 3.05) is 37.3 Å². The van der Waals surface area contributed by atoms with Crippen LogP contribution in [0.1, 0.15) is 24.2 Å². The first-order valence-corrected chi connectivity index (χ1v) is 11.9. The van der Waals surface area contributed by atoms with Gasteiger partial charge in [-0.05, 0) is 38.1 Å². The number of thioether (sulfide) groups is 1. The number of carbonyl (C=O) groups excluding carboxylic acids is 3. The van der Waals surface area contributed by atoms with Crippen molar-refractivity contribution in [3.63, 3.8) is 0 Å². The number of anilines is 1. The number of carbonyl (C=O) groups is 3. The molecule has 1 saturated heterocycles.